The Hall–Kier alpha value is -3.66. The van der Waals surface area contributed by atoms with Crippen LogP contribution in [-0.4, -0.2) is 56.1 Å². The molecule has 168 valence electrons. The topological polar surface area (TPSA) is 120 Å². The van der Waals surface area contributed by atoms with Gasteiger partial charge in [-0.25, -0.2) is 4.98 Å². The number of carbonyl (C=O) groups is 3. The predicted octanol–water partition coefficient (Wildman–Crippen LogP) is 3.24. The molecule has 3 heterocycles. The van der Waals surface area contributed by atoms with E-state index in [4.69, 9.17) is 0 Å². The number of rotatable bonds is 5. The number of benzene rings is 2. The van der Waals surface area contributed by atoms with E-state index in [1.54, 1.807) is 24.3 Å². The quantitative estimate of drug-likeness (QED) is 0.536. The van der Waals surface area contributed by atoms with Gasteiger partial charge in [0.05, 0.1) is 11.0 Å². The van der Waals surface area contributed by atoms with Crippen LogP contribution < -0.4 is 10.6 Å². The molecule has 1 fully saturated rings. The molecule has 0 spiro atoms. The Morgan fingerprint density at radius 3 is 2.58 bits per heavy atom. The van der Waals surface area contributed by atoms with Gasteiger partial charge in [0.15, 0.2) is 5.17 Å². The molecule has 10 heteroatoms. The Kier molecular flexibility index (Phi) is 5.82. The van der Waals surface area contributed by atoms with Crippen LogP contribution in [-0.2, 0) is 9.59 Å². The highest BCUT2D eigenvalue weighted by atomic mass is 32.2. The summed E-state index contributed by atoms with van der Waals surface area (Å²) in [4.78, 5) is 50.8. The number of imidazole rings is 1. The van der Waals surface area contributed by atoms with E-state index in [0.29, 0.717) is 17.2 Å². The SMILES string of the molecule is O=C(CC1SC(N2CCCC2)=NC1=O)Nc1ccc(C(=O)Nc2nc3ccccc3[nH]2)cc1. The zero-order chi connectivity index (χ0) is 22.8. The van der Waals surface area contributed by atoms with Crippen LogP contribution in [0.15, 0.2) is 53.5 Å². The van der Waals surface area contributed by atoms with Gasteiger partial charge in [0.2, 0.25) is 11.9 Å². The smallest absolute Gasteiger partial charge is 0.262 e. The van der Waals surface area contributed by atoms with Gasteiger partial charge in [-0.15, -0.1) is 0 Å². The zero-order valence-corrected chi connectivity index (χ0v) is 18.5. The lowest BCUT2D eigenvalue weighted by Crippen LogP contribution is -2.25. The number of aromatic amines is 1. The van der Waals surface area contributed by atoms with Crippen molar-refractivity contribution in [1.29, 1.82) is 0 Å². The van der Waals surface area contributed by atoms with Crippen molar-refractivity contribution >= 4 is 57.3 Å². The van der Waals surface area contributed by atoms with E-state index in [1.807, 2.05) is 24.3 Å². The number of nitrogens with zero attached hydrogens (tertiary/aromatic N) is 3. The molecule has 0 saturated carbocycles. The highest BCUT2D eigenvalue weighted by Gasteiger charge is 2.33. The largest absolute Gasteiger partial charge is 0.351 e. The third-order valence-corrected chi connectivity index (χ3v) is 6.74. The number of hydrogen-bond acceptors (Lipinski definition) is 6. The molecule has 0 radical (unpaired) electrons. The Bertz CT molecular complexity index is 1210. The van der Waals surface area contributed by atoms with E-state index in [0.717, 1.165) is 42.1 Å². The minimum Gasteiger partial charge on any atom is -0.351 e. The van der Waals surface area contributed by atoms with Gasteiger partial charge in [0.1, 0.15) is 5.25 Å². The fourth-order valence-corrected chi connectivity index (χ4v) is 4.95. The van der Waals surface area contributed by atoms with Gasteiger partial charge < -0.3 is 15.2 Å². The average molecular weight is 463 g/mol. The van der Waals surface area contributed by atoms with Crippen LogP contribution in [0, 0.1) is 0 Å². The molecule has 1 saturated heterocycles. The number of amides is 3. The second-order valence-corrected chi connectivity index (χ2v) is 9.09. The summed E-state index contributed by atoms with van der Waals surface area (Å²) < 4.78 is 0. The van der Waals surface area contributed by atoms with Crippen LogP contribution in [0.5, 0.6) is 0 Å². The molecule has 3 amide bonds. The average Bonchev–Trinajstić information content (AvgIpc) is 3.54. The highest BCUT2D eigenvalue weighted by Crippen LogP contribution is 2.29. The lowest BCUT2D eigenvalue weighted by molar-refractivity contribution is -0.121. The van der Waals surface area contributed by atoms with Crippen molar-refractivity contribution in [1.82, 2.24) is 14.9 Å². The molecule has 1 aromatic heterocycles. The fourth-order valence-electron chi connectivity index (χ4n) is 3.83. The molecule has 2 aliphatic heterocycles. The number of hydrogen-bond donors (Lipinski definition) is 3. The van der Waals surface area contributed by atoms with Gasteiger partial charge in [0, 0.05) is 30.8 Å². The standard InChI is InChI=1S/C23H22N6O3S/c30-19(13-18-21(32)28-23(33-18)29-11-3-4-12-29)24-15-9-7-14(8-10-15)20(31)27-22-25-16-5-1-2-6-17(16)26-22/h1-2,5-10,18H,3-4,11-13H2,(H,24,30)(H2,25,26,27,31). The van der Waals surface area contributed by atoms with Gasteiger partial charge in [-0.2, -0.15) is 4.99 Å². The third-order valence-electron chi connectivity index (χ3n) is 5.53. The van der Waals surface area contributed by atoms with Gasteiger partial charge >= 0.3 is 0 Å². The van der Waals surface area contributed by atoms with Crippen molar-refractivity contribution in [3.05, 3.63) is 54.1 Å². The number of carbonyl (C=O) groups excluding carboxylic acids is 3. The Morgan fingerprint density at radius 2 is 1.82 bits per heavy atom. The zero-order valence-electron chi connectivity index (χ0n) is 17.7. The van der Waals surface area contributed by atoms with Gasteiger partial charge in [-0.3, -0.25) is 19.7 Å². The van der Waals surface area contributed by atoms with E-state index in [1.165, 1.54) is 11.8 Å². The molecule has 0 aliphatic carbocycles. The monoisotopic (exact) mass is 462 g/mol. The lowest BCUT2D eigenvalue weighted by atomic mass is 10.2. The third kappa shape index (κ3) is 4.75. The van der Waals surface area contributed by atoms with Gasteiger partial charge in [-0.1, -0.05) is 23.9 Å². The summed E-state index contributed by atoms with van der Waals surface area (Å²) in [7, 11) is 0. The molecule has 3 aromatic rings. The Labute approximate surface area is 194 Å². The van der Waals surface area contributed by atoms with Crippen LogP contribution in [0.3, 0.4) is 0 Å². The fraction of sp³-hybridized carbons (Fsp3) is 0.261. The molecule has 33 heavy (non-hydrogen) atoms. The number of para-hydroxylation sites is 2. The number of fused-ring (bicyclic) bond motifs is 1. The first kappa shape index (κ1) is 21.2. The molecule has 1 atom stereocenters. The molecule has 2 aromatic carbocycles. The first-order valence-electron chi connectivity index (χ1n) is 10.8. The van der Waals surface area contributed by atoms with Crippen molar-refractivity contribution in [2.45, 2.75) is 24.5 Å². The lowest BCUT2D eigenvalue weighted by Gasteiger charge is -2.16. The van der Waals surface area contributed by atoms with E-state index in [9.17, 15) is 14.4 Å². The second-order valence-electron chi connectivity index (χ2n) is 7.92. The number of anilines is 2. The molecule has 0 bridgehead atoms. The van der Waals surface area contributed by atoms with Gasteiger partial charge in [-0.05, 0) is 49.2 Å². The Morgan fingerprint density at radius 1 is 1.06 bits per heavy atom. The summed E-state index contributed by atoms with van der Waals surface area (Å²) in [6.45, 7) is 1.82. The number of nitrogens with one attached hydrogen (secondary N) is 3. The van der Waals surface area contributed by atoms with E-state index >= 15 is 0 Å². The first-order chi connectivity index (χ1) is 16.0. The number of likely N-dealkylation sites (tertiary alicyclic amines) is 1. The Balaban J connectivity index is 1.14. The maximum Gasteiger partial charge on any atom is 0.262 e. The van der Waals surface area contributed by atoms with Crippen LogP contribution in [0.1, 0.15) is 29.6 Å². The summed E-state index contributed by atoms with van der Waals surface area (Å²) in [6, 6.07) is 14.1. The molecule has 2 aliphatic rings. The van der Waals surface area contributed by atoms with Crippen molar-refractivity contribution in [2.75, 3.05) is 23.7 Å². The van der Waals surface area contributed by atoms with E-state index in [-0.39, 0.29) is 24.1 Å². The second kappa shape index (κ2) is 9.07. The van der Waals surface area contributed by atoms with Crippen LogP contribution in [0.4, 0.5) is 11.6 Å². The van der Waals surface area contributed by atoms with Crippen LogP contribution >= 0.6 is 11.8 Å². The molecule has 9 nitrogen and oxygen atoms in total. The molecule has 5 rings (SSSR count). The molecule has 1 unspecified atom stereocenters. The number of aliphatic imine (C=N–C) groups is 1. The molecular weight excluding hydrogens is 440 g/mol. The summed E-state index contributed by atoms with van der Waals surface area (Å²) in [5.74, 6) is -0.466. The summed E-state index contributed by atoms with van der Waals surface area (Å²) in [5, 5.41) is 5.77. The highest BCUT2D eigenvalue weighted by molar-refractivity contribution is 8.15. The predicted molar refractivity (Wildman–Crippen MR) is 128 cm³/mol. The van der Waals surface area contributed by atoms with Gasteiger partial charge in [0.25, 0.3) is 11.8 Å². The maximum absolute atomic E-state index is 12.5. The number of thioether (sulfide) groups is 1. The normalized spacial score (nSPS) is 17.9. The first-order valence-corrected chi connectivity index (χ1v) is 11.6. The molecular formula is C23H22N6O3S. The summed E-state index contributed by atoms with van der Waals surface area (Å²) >= 11 is 1.37. The summed E-state index contributed by atoms with van der Waals surface area (Å²) in [6.07, 6.45) is 2.26. The van der Waals surface area contributed by atoms with Crippen molar-refractivity contribution in [3.8, 4) is 0 Å². The summed E-state index contributed by atoms with van der Waals surface area (Å²) in [5.41, 5.74) is 2.58. The van der Waals surface area contributed by atoms with Crippen molar-refractivity contribution in [2.24, 2.45) is 4.99 Å². The van der Waals surface area contributed by atoms with E-state index < -0.39 is 5.25 Å². The number of H-pyrrole nitrogens is 1. The minimum absolute atomic E-state index is 0.0542. The van der Waals surface area contributed by atoms with Crippen molar-refractivity contribution in [3.63, 3.8) is 0 Å². The van der Waals surface area contributed by atoms with Crippen LogP contribution in [0.2, 0.25) is 0 Å². The number of aromatic nitrogens is 2. The molecule has 3 N–H and O–H groups in total. The maximum atomic E-state index is 12.5. The van der Waals surface area contributed by atoms with Crippen LogP contribution in [0.25, 0.3) is 11.0 Å². The van der Waals surface area contributed by atoms with Crippen molar-refractivity contribution < 1.29 is 14.4 Å². The number of amidine groups is 1. The minimum atomic E-state index is -0.491. The van der Waals surface area contributed by atoms with E-state index in [2.05, 4.69) is 30.5 Å².